The number of nitrogens with zero attached hydrogens (tertiary/aromatic N) is 1. The largest absolute Gasteiger partial charge is 0.494 e. The predicted octanol–water partition coefficient (Wildman–Crippen LogP) is 2.89. The van der Waals surface area contributed by atoms with Gasteiger partial charge in [0.2, 0.25) is 5.91 Å². The summed E-state index contributed by atoms with van der Waals surface area (Å²) in [5, 5.41) is 2.85. The Hall–Kier alpha value is -2.60. The van der Waals surface area contributed by atoms with Gasteiger partial charge < -0.3 is 14.5 Å². The van der Waals surface area contributed by atoms with E-state index in [9.17, 15) is 9.59 Å². The zero-order valence-corrected chi connectivity index (χ0v) is 15.6. The number of furan rings is 1. The lowest BCUT2D eigenvalue weighted by Crippen LogP contribution is -2.42. The molecule has 0 atom stereocenters. The van der Waals surface area contributed by atoms with Crippen LogP contribution in [0, 0.1) is 5.92 Å². The van der Waals surface area contributed by atoms with Gasteiger partial charge in [0.15, 0.2) is 5.78 Å². The number of ether oxygens (including phenoxy) is 1. The lowest BCUT2D eigenvalue weighted by molar-refractivity contribution is -0.122. The highest BCUT2D eigenvalue weighted by Gasteiger charge is 2.26. The zero-order valence-electron chi connectivity index (χ0n) is 15.6. The third-order valence-corrected chi connectivity index (χ3v) is 4.82. The summed E-state index contributed by atoms with van der Waals surface area (Å²) in [6.07, 6.45) is 3.14. The molecule has 0 aliphatic carbocycles. The fraction of sp³-hybridized carbons (Fsp3) is 0.429. The van der Waals surface area contributed by atoms with Crippen molar-refractivity contribution in [1.82, 2.24) is 10.2 Å². The summed E-state index contributed by atoms with van der Waals surface area (Å²) in [4.78, 5) is 26.8. The molecule has 1 amide bonds. The number of amides is 1. The standard InChI is InChI=1S/C21H26N2O4/c1-2-26-18-7-5-16(6-8-18)21(25)17-9-11-23(12-10-17)15-20(24)22-14-19-4-3-13-27-19/h3-8,13,17H,2,9-12,14-15H2,1H3,(H,22,24). The van der Waals surface area contributed by atoms with Gasteiger partial charge in [-0.25, -0.2) is 0 Å². The van der Waals surface area contributed by atoms with Crippen molar-refractivity contribution in [1.29, 1.82) is 0 Å². The first-order valence-electron chi connectivity index (χ1n) is 9.44. The van der Waals surface area contributed by atoms with Crippen molar-refractivity contribution in [2.75, 3.05) is 26.2 Å². The normalized spacial score (nSPS) is 15.4. The minimum absolute atomic E-state index is 0.0189. The zero-order chi connectivity index (χ0) is 19.1. The van der Waals surface area contributed by atoms with Crippen LogP contribution in [0.1, 0.15) is 35.9 Å². The van der Waals surface area contributed by atoms with E-state index in [1.54, 1.807) is 12.3 Å². The molecule has 1 N–H and O–H groups in total. The molecule has 3 rings (SSSR count). The average molecular weight is 370 g/mol. The van der Waals surface area contributed by atoms with Crippen LogP contribution in [0.3, 0.4) is 0 Å². The summed E-state index contributed by atoms with van der Waals surface area (Å²) in [5.74, 6) is 1.69. The van der Waals surface area contributed by atoms with Crippen molar-refractivity contribution >= 4 is 11.7 Å². The summed E-state index contributed by atoms with van der Waals surface area (Å²) >= 11 is 0. The van der Waals surface area contributed by atoms with Crippen LogP contribution in [-0.2, 0) is 11.3 Å². The number of carbonyl (C=O) groups excluding carboxylic acids is 2. The summed E-state index contributed by atoms with van der Waals surface area (Å²) in [5.41, 5.74) is 0.730. The summed E-state index contributed by atoms with van der Waals surface area (Å²) < 4.78 is 10.6. The van der Waals surface area contributed by atoms with Gasteiger partial charge in [0.05, 0.1) is 26.0 Å². The third-order valence-electron chi connectivity index (χ3n) is 4.82. The van der Waals surface area contributed by atoms with Gasteiger partial charge in [-0.1, -0.05) is 0 Å². The minimum atomic E-state index is -0.0253. The highest BCUT2D eigenvalue weighted by atomic mass is 16.5. The van der Waals surface area contributed by atoms with E-state index in [0.29, 0.717) is 19.7 Å². The number of benzene rings is 1. The number of nitrogens with one attached hydrogen (secondary N) is 1. The van der Waals surface area contributed by atoms with E-state index < -0.39 is 0 Å². The SMILES string of the molecule is CCOc1ccc(C(=O)C2CCN(CC(=O)NCc3ccco3)CC2)cc1. The first-order valence-corrected chi connectivity index (χ1v) is 9.44. The molecule has 0 radical (unpaired) electrons. The van der Waals surface area contributed by atoms with E-state index >= 15 is 0 Å². The second kappa shape index (κ2) is 9.37. The van der Waals surface area contributed by atoms with Gasteiger partial charge in [-0.15, -0.1) is 0 Å². The van der Waals surface area contributed by atoms with Crippen molar-refractivity contribution in [3.63, 3.8) is 0 Å². The van der Waals surface area contributed by atoms with Gasteiger partial charge in [-0.2, -0.15) is 0 Å². The first-order chi connectivity index (χ1) is 13.2. The number of likely N-dealkylation sites (tertiary alicyclic amines) is 1. The van der Waals surface area contributed by atoms with Gasteiger partial charge >= 0.3 is 0 Å². The second-order valence-electron chi connectivity index (χ2n) is 6.73. The van der Waals surface area contributed by atoms with Crippen molar-refractivity contribution in [2.45, 2.75) is 26.3 Å². The molecule has 6 nitrogen and oxygen atoms in total. The fourth-order valence-corrected chi connectivity index (χ4v) is 3.33. The van der Waals surface area contributed by atoms with Crippen LogP contribution in [0.25, 0.3) is 0 Å². The van der Waals surface area contributed by atoms with Crippen LogP contribution in [0.5, 0.6) is 5.75 Å². The van der Waals surface area contributed by atoms with Crippen LogP contribution < -0.4 is 10.1 Å². The number of hydrogen-bond donors (Lipinski definition) is 1. The lowest BCUT2D eigenvalue weighted by Gasteiger charge is -2.30. The number of Topliss-reactive ketones (excluding diaryl/α,β-unsaturated/α-hetero) is 1. The van der Waals surface area contributed by atoms with E-state index in [2.05, 4.69) is 10.2 Å². The summed E-state index contributed by atoms with van der Waals surface area (Å²) in [7, 11) is 0. The molecule has 0 spiro atoms. The minimum Gasteiger partial charge on any atom is -0.494 e. The Morgan fingerprint density at radius 2 is 1.93 bits per heavy atom. The molecule has 0 unspecified atom stereocenters. The predicted molar refractivity (Wildman–Crippen MR) is 102 cm³/mol. The van der Waals surface area contributed by atoms with Gasteiger partial charge in [-0.05, 0) is 69.3 Å². The maximum Gasteiger partial charge on any atom is 0.234 e. The highest BCUT2D eigenvalue weighted by molar-refractivity contribution is 5.98. The smallest absolute Gasteiger partial charge is 0.234 e. The van der Waals surface area contributed by atoms with Crippen LogP contribution in [0.4, 0.5) is 0 Å². The summed E-state index contributed by atoms with van der Waals surface area (Å²) in [6, 6.07) is 11.0. The maximum absolute atomic E-state index is 12.7. The van der Waals surface area contributed by atoms with Crippen LogP contribution >= 0.6 is 0 Å². The van der Waals surface area contributed by atoms with Crippen LogP contribution in [0.2, 0.25) is 0 Å². The number of ketones is 1. The number of hydrogen-bond acceptors (Lipinski definition) is 5. The van der Waals surface area contributed by atoms with Crippen molar-refractivity contribution < 1.29 is 18.7 Å². The lowest BCUT2D eigenvalue weighted by atomic mass is 9.89. The maximum atomic E-state index is 12.7. The van der Waals surface area contributed by atoms with Crippen LogP contribution in [-0.4, -0.2) is 42.8 Å². The molecule has 2 aromatic rings. The third kappa shape index (κ3) is 5.44. The molecule has 144 valence electrons. The van der Waals surface area contributed by atoms with Crippen molar-refractivity contribution in [3.05, 3.63) is 54.0 Å². The van der Waals surface area contributed by atoms with E-state index in [-0.39, 0.29) is 17.6 Å². The molecule has 0 bridgehead atoms. The molecule has 1 fully saturated rings. The van der Waals surface area contributed by atoms with Crippen LogP contribution in [0.15, 0.2) is 47.1 Å². The van der Waals surface area contributed by atoms with Crippen molar-refractivity contribution in [3.8, 4) is 5.75 Å². The first kappa shape index (κ1) is 19.2. The molecular formula is C21H26N2O4. The Kier molecular flexibility index (Phi) is 6.65. The Morgan fingerprint density at radius 1 is 1.19 bits per heavy atom. The number of piperidine rings is 1. The second-order valence-corrected chi connectivity index (χ2v) is 6.73. The molecule has 1 aliphatic rings. The monoisotopic (exact) mass is 370 g/mol. The topological polar surface area (TPSA) is 71.8 Å². The Labute approximate surface area is 159 Å². The molecule has 0 saturated carbocycles. The number of carbonyl (C=O) groups is 2. The van der Waals surface area contributed by atoms with Gasteiger partial charge in [-0.3, -0.25) is 14.5 Å². The van der Waals surface area contributed by atoms with Gasteiger partial charge in [0.1, 0.15) is 11.5 Å². The quantitative estimate of drug-likeness (QED) is 0.724. The molecule has 1 saturated heterocycles. The molecule has 1 aliphatic heterocycles. The Bertz CT molecular complexity index is 732. The Morgan fingerprint density at radius 3 is 2.56 bits per heavy atom. The van der Waals surface area contributed by atoms with E-state index in [4.69, 9.17) is 9.15 Å². The van der Waals surface area contributed by atoms with E-state index in [1.807, 2.05) is 37.3 Å². The van der Waals surface area contributed by atoms with Crippen molar-refractivity contribution in [2.24, 2.45) is 5.92 Å². The molecule has 1 aromatic heterocycles. The molecule has 6 heteroatoms. The number of rotatable bonds is 8. The highest BCUT2D eigenvalue weighted by Crippen LogP contribution is 2.23. The molecular weight excluding hydrogens is 344 g/mol. The molecule has 27 heavy (non-hydrogen) atoms. The summed E-state index contributed by atoms with van der Waals surface area (Å²) in [6.45, 7) is 4.80. The van der Waals surface area contributed by atoms with Gasteiger partial charge in [0, 0.05) is 11.5 Å². The van der Waals surface area contributed by atoms with E-state index in [0.717, 1.165) is 43.0 Å². The van der Waals surface area contributed by atoms with E-state index in [1.165, 1.54) is 0 Å². The Balaban J connectivity index is 1.42. The average Bonchev–Trinajstić information content (AvgIpc) is 3.21. The molecule has 2 heterocycles. The molecule has 1 aromatic carbocycles. The van der Waals surface area contributed by atoms with Gasteiger partial charge in [0.25, 0.3) is 0 Å². The fourth-order valence-electron chi connectivity index (χ4n) is 3.33.